The highest BCUT2D eigenvalue weighted by Crippen LogP contribution is 2.37. The Morgan fingerprint density at radius 1 is 1.06 bits per heavy atom. The number of aldehydes is 1. The summed E-state index contributed by atoms with van der Waals surface area (Å²) < 4.78 is 25.4. The first-order chi connectivity index (χ1) is 8.02. The third kappa shape index (κ3) is 2.13. The highest BCUT2D eigenvalue weighted by molar-refractivity contribution is 7.91. The molecule has 17 heavy (non-hydrogen) atoms. The Hall–Kier alpha value is -0.460. The van der Waals surface area contributed by atoms with Crippen molar-refractivity contribution in [2.45, 2.75) is 30.4 Å². The van der Waals surface area contributed by atoms with Crippen LogP contribution in [-0.2, 0) is 14.8 Å². The van der Waals surface area contributed by atoms with E-state index in [9.17, 15) is 13.2 Å². The van der Waals surface area contributed by atoms with Crippen LogP contribution in [0.15, 0.2) is 0 Å². The van der Waals surface area contributed by atoms with Gasteiger partial charge < -0.3 is 9.69 Å². The lowest BCUT2D eigenvalue weighted by Gasteiger charge is -2.36. The minimum atomic E-state index is -3.46. The molecule has 0 aromatic rings. The predicted octanol–water partition coefficient (Wildman–Crippen LogP) is 0.0753. The van der Waals surface area contributed by atoms with Crippen LogP contribution in [0.1, 0.15) is 25.7 Å². The van der Waals surface area contributed by atoms with E-state index in [1.165, 1.54) is 4.31 Å². The minimum absolute atomic E-state index is 0.491. The van der Waals surface area contributed by atoms with Crippen LogP contribution in [0.25, 0.3) is 0 Å². The van der Waals surface area contributed by atoms with Crippen molar-refractivity contribution in [3.8, 4) is 0 Å². The van der Waals surface area contributed by atoms with Crippen LogP contribution in [0.3, 0.4) is 0 Å². The van der Waals surface area contributed by atoms with E-state index in [0.29, 0.717) is 32.2 Å². The Kier molecular flexibility index (Phi) is 3.56. The zero-order valence-electron chi connectivity index (χ0n) is 10.3. The van der Waals surface area contributed by atoms with Gasteiger partial charge in [-0.05, 0) is 19.9 Å². The molecule has 0 aromatic carbocycles. The molecule has 1 aliphatic heterocycles. The predicted molar refractivity (Wildman–Crippen MR) is 65.3 cm³/mol. The van der Waals surface area contributed by atoms with Crippen LogP contribution in [0.4, 0.5) is 0 Å². The molecule has 2 fully saturated rings. The molecule has 1 aliphatic carbocycles. The number of rotatable bonds is 3. The van der Waals surface area contributed by atoms with Gasteiger partial charge in [0.25, 0.3) is 0 Å². The van der Waals surface area contributed by atoms with E-state index in [-0.39, 0.29) is 0 Å². The monoisotopic (exact) mass is 260 g/mol. The summed E-state index contributed by atoms with van der Waals surface area (Å²) in [7, 11) is -1.48. The molecule has 0 radical (unpaired) electrons. The molecule has 2 rings (SSSR count). The highest BCUT2D eigenvalue weighted by atomic mass is 32.2. The Bertz CT molecular complexity index is 380. The quantitative estimate of drug-likeness (QED) is 0.674. The summed E-state index contributed by atoms with van der Waals surface area (Å²) in [6.07, 6.45) is 3.33. The second-order valence-electron chi connectivity index (χ2n) is 5.10. The Morgan fingerprint density at radius 3 is 2.06 bits per heavy atom. The molecule has 1 saturated heterocycles. The molecule has 1 saturated carbocycles. The van der Waals surface area contributed by atoms with E-state index in [2.05, 4.69) is 4.90 Å². The Labute approximate surface area is 103 Å². The van der Waals surface area contributed by atoms with Crippen LogP contribution in [0, 0.1) is 0 Å². The number of carbonyl (C=O) groups is 1. The van der Waals surface area contributed by atoms with Gasteiger partial charge in [0.1, 0.15) is 11.0 Å². The van der Waals surface area contributed by atoms with E-state index in [1.54, 1.807) is 0 Å². The first-order valence-electron chi connectivity index (χ1n) is 6.16. The van der Waals surface area contributed by atoms with Crippen LogP contribution in [0.2, 0.25) is 0 Å². The number of nitrogens with zero attached hydrogens (tertiary/aromatic N) is 2. The Balaban J connectivity index is 2.20. The fourth-order valence-electron chi connectivity index (χ4n) is 2.70. The summed E-state index contributed by atoms with van der Waals surface area (Å²) in [5.74, 6) is 0. The molecule has 98 valence electrons. The van der Waals surface area contributed by atoms with Crippen molar-refractivity contribution in [2.75, 3.05) is 33.2 Å². The van der Waals surface area contributed by atoms with Crippen LogP contribution >= 0.6 is 0 Å². The van der Waals surface area contributed by atoms with E-state index in [0.717, 1.165) is 25.9 Å². The Morgan fingerprint density at radius 2 is 1.59 bits per heavy atom. The third-order valence-electron chi connectivity index (χ3n) is 3.98. The molecule has 0 bridgehead atoms. The average Bonchev–Trinajstić information content (AvgIpc) is 2.79. The molecule has 0 N–H and O–H groups in total. The molecule has 0 atom stereocenters. The van der Waals surface area contributed by atoms with Gasteiger partial charge in [-0.15, -0.1) is 0 Å². The topological polar surface area (TPSA) is 57.7 Å². The number of sulfonamides is 1. The fourth-order valence-corrected chi connectivity index (χ4v) is 4.78. The smallest absolute Gasteiger partial charge is 0.226 e. The normalized spacial score (nSPS) is 27.1. The van der Waals surface area contributed by atoms with E-state index in [4.69, 9.17) is 0 Å². The summed E-state index contributed by atoms with van der Waals surface area (Å²) in [4.78, 5) is 13.4. The summed E-state index contributed by atoms with van der Waals surface area (Å²) in [5.41, 5.74) is 0. The maximum Gasteiger partial charge on any atom is 0.226 e. The second-order valence-corrected chi connectivity index (χ2v) is 7.38. The van der Waals surface area contributed by atoms with Gasteiger partial charge in [0, 0.05) is 26.2 Å². The molecule has 6 heteroatoms. The fraction of sp³-hybridized carbons (Fsp3) is 0.909. The third-order valence-corrected chi connectivity index (χ3v) is 6.56. The first kappa shape index (κ1) is 13.0. The van der Waals surface area contributed by atoms with Gasteiger partial charge in [0.05, 0.1) is 0 Å². The van der Waals surface area contributed by atoms with Crippen molar-refractivity contribution in [1.82, 2.24) is 9.21 Å². The van der Waals surface area contributed by atoms with Gasteiger partial charge in [-0.2, -0.15) is 4.31 Å². The minimum Gasteiger partial charge on any atom is -0.304 e. The summed E-state index contributed by atoms with van der Waals surface area (Å²) >= 11 is 0. The van der Waals surface area contributed by atoms with E-state index < -0.39 is 14.8 Å². The lowest BCUT2D eigenvalue weighted by atomic mass is 10.1. The van der Waals surface area contributed by atoms with Crippen LogP contribution in [-0.4, -0.2) is 61.9 Å². The lowest BCUT2D eigenvalue weighted by molar-refractivity contribution is -0.110. The van der Waals surface area contributed by atoms with Crippen LogP contribution in [0.5, 0.6) is 0 Å². The standard InChI is InChI=1S/C11H20N2O3S/c1-12-6-8-13(9-7-12)17(15,16)11(10-14)4-2-3-5-11/h10H,2-9H2,1H3. The summed E-state index contributed by atoms with van der Waals surface area (Å²) in [6, 6.07) is 0. The largest absolute Gasteiger partial charge is 0.304 e. The number of hydrogen-bond donors (Lipinski definition) is 0. The van der Waals surface area contributed by atoms with Gasteiger partial charge in [0.2, 0.25) is 10.0 Å². The number of hydrogen-bond acceptors (Lipinski definition) is 4. The van der Waals surface area contributed by atoms with Gasteiger partial charge >= 0.3 is 0 Å². The van der Waals surface area contributed by atoms with Crippen molar-refractivity contribution in [3.63, 3.8) is 0 Å². The van der Waals surface area contributed by atoms with Crippen molar-refractivity contribution in [2.24, 2.45) is 0 Å². The number of piperazine rings is 1. The summed E-state index contributed by atoms with van der Waals surface area (Å²) in [5, 5.41) is 0. The molecule has 0 spiro atoms. The average molecular weight is 260 g/mol. The molecular weight excluding hydrogens is 240 g/mol. The first-order valence-corrected chi connectivity index (χ1v) is 7.60. The van der Waals surface area contributed by atoms with E-state index in [1.807, 2.05) is 7.05 Å². The van der Waals surface area contributed by atoms with Gasteiger partial charge in [-0.3, -0.25) is 0 Å². The molecule has 0 amide bonds. The molecule has 2 aliphatic rings. The number of carbonyl (C=O) groups excluding carboxylic acids is 1. The van der Waals surface area contributed by atoms with Crippen LogP contribution < -0.4 is 0 Å². The lowest BCUT2D eigenvalue weighted by Crippen LogP contribution is -2.54. The second kappa shape index (κ2) is 4.66. The van der Waals surface area contributed by atoms with Gasteiger partial charge in [-0.25, -0.2) is 8.42 Å². The van der Waals surface area contributed by atoms with Crippen molar-refractivity contribution >= 4 is 16.3 Å². The molecule has 5 nitrogen and oxygen atoms in total. The van der Waals surface area contributed by atoms with E-state index >= 15 is 0 Å². The maximum absolute atomic E-state index is 12.5. The maximum atomic E-state index is 12.5. The zero-order chi connectivity index (χ0) is 12.5. The number of likely N-dealkylation sites (N-methyl/N-ethyl adjacent to an activating group) is 1. The van der Waals surface area contributed by atoms with Gasteiger partial charge in [-0.1, -0.05) is 12.8 Å². The summed E-state index contributed by atoms with van der Waals surface area (Å²) in [6.45, 7) is 2.51. The molecular formula is C11H20N2O3S. The van der Waals surface area contributed by atoms with Crippen molar-refractivity contribution < 1.29 is 13.2 Å². The van der Waals surface area contributed by atoms with Crippen molar-refractivity contribution in [3.05, 3.63) is 0 Å². The molecule has 0 unspecified atom stereocenters. The van der Waals surface area contributed by atoms with Crippen molar-refractivity contribution in [1.29, 1.82) is 0 Å². The zero-order valence-corrected chi connectivity index (χ0v) is 11.1. The molecule has 1 heterocycles. The SMILES string of the molecule is CN1CCN(S(=O)(=O)C2(C=O)CCCC2)CC1. The molecule has 0 aromatic heterocycles. The highest BCUT2D eigenvalue weighted by Gasteiger charge is 2.49. The van der Waals surface area contributed by atoms with Gasteiger partial charge in [0.15, 0.2) is 0 Å².